The van der Waals surface area contributed by atoms with Crippen LogP contribution in [0, 0.1) is 0 Å². The number of nitrogens with one attached hydrogen (secondary N) is 1. The summed E-state index contributed by atoms with van der Waals surface area (Å²) >= 11 is 0. The third-order valence-electron chi connectivity index (χ3n) is 15.5. The number of carbonyl (C=O) groups excluding carboxylic acids is 2. The van der Waals surface area contributed by atoms with Gasteiger partial charge in [0, 0.05) is 6.42 Å². The molecule has 1 fully saturated rings. The maximum atomic E-state index is 13.4. The van der Waals surface area contributed by atoms with Gasteiger partial charge in [0.1, 0.15) is 24.4 Å². The Hall–Kier alpha value is -2.12. The highest BCUT2D eigenvalue weighted by atomic mass is 16.7. The van der Waals surface area contributed by atoms with Crippen molar-refractivity contribution in [1.29, 1.82) is 0 Å². The van der Waals surface area contributed by atoms with Crippen LogP contribution in [-0.2, 0) is 23.8 Å². The van der Waals surface area contributed by atoms with Gasteiger partial charge >= 0.3 is 5.97 Å². The van der Waals surface area contributed by atoms with Crippen molar-refractivity contribution < 1.29 is 49.3 Å². The normalized spacial score (nSPS) is 19.2. The standard InChI is InChI=1S/C66H123NO10/c1-4-7-10-13-16-19-22-24-26-28-29-30-32-33-35-38-41-44-47-50-53-59(70)65(74)67-57(58(69)52-49-46-43-40-37-21-18-15-12-9-6-3)56-75-66-64(63(73)62(72)60(55-68)76-66)77-61(71)54-51-48-45-42-39-36-34-31-27-25-23-20-17-14-11-8-5-2/h16,19,24,26,49,52,57-60,62-64,66,68-70,72-73H,4-15,17-18,20-23,25,27-48,50-51,53-56H2,1-3H3,(H,67,74)/b19-16-,26-24-,52-49+. The van der Waals surface area contributed by atoms with E-state index >= 15 is 0 Å². The van der Waals surface area contributed by atoms with Gasteiger partial charge in [-0.2, -0.15) is 0 Å². The van der Waals surface area contributed by atoms with Crippen molar-refractivity contribution in [2.24, 2.45) is 0 Å². The Balaban J connectivity index is 2.62. The molecule has 11 heteroatoms. The van der Waals surface area contributed by atoms with Gasteiger partial charge in [-0.25, -0.2) is 0 Å². The van der Waals surface area contributed by atoms with E-state index in [1.165, 1.54) is 193 Å². The molecule has 8 unspecified atom stereocenters. The number of aliphatic hydroxyl groups is 5. The van der Waals surface area contributed by atoms with Gasteiger partial charge < -0.3 is 45.1 Å². The van der Waals surface area contributed by atoms with E-state index in [2.05, 4.69) is 50.4 Å². The second kappa shape index (κ2) is 54.5. The molecule has 1 heterocycles. The van der Waals surface area contributed by atoms with Gasteiger partial charge in [0.15, 0.2) is 12.4 Å². The summed E-state index contributed by atoms with van der Waals surface area (Å²) in [4.78, 5) is 26.6. The highest BCUT2D eigenvalue weighted by molar-refractivity contribution is 5.80. The number of amides is 1. The lowest BCUT2D eigenvalue weighted by Gasteiger charge is -2.41. The Labute approximate surface area is 473 Å². The molecule has 1 aliphatic heterocycles. The van der Waals surface area contributed by atoms with Gasteiger partial charge in [0.05, 0.1) is 25.4 Å². The van der Waals surface area contributed by atoms with Crippen molar-refractivity contribution >= 4 is 11.9 Å². The molecule has 1 amide bonds. The molecule has 77 heavy (non-hydrogen) atoms. The molecule has 0 aromatic rings. The first-order valence-corrected chi connectivity index (χ1v) is 32.8. The number of ether oxygens (including phenoxy) is 3. The fourth-order valence-electron chi connectivity index (χ4n) is 10.3. The summed E-state index contributed by atoms with van der Waals surface area (Å²) in [6.07, 6.45) is 54.7. The summed E-state index contributed by atoms with van der Waals surface area (Å²) in [7, 11) is 0. The second-order valence-electron chi connectivity index (χ2n) is 22.9. The van der Waals surface area contributed by atoms with E-state index in [4.69, 9.17) is 14.2 Å². The van der Waals surface area contributed by atoms with Crippen molar-refractivity contribution in [2.45, 2.75) is 359 Å². The lowest BCUT2D eigenvalue weighted by atomic mass is 9.99. The van der Waals surface area contributed by atoms with Crippen LogP contribution in [0.3, 0.4) is 0 Å². The van der Waals surface area contributed by atoms with Crippen LogP contribution >= 0.6 is 0 Å². The van der Waals surface area contributed by atoms with E-state index in [-0.39, 0.29) is 13.0 Å². The number of allylic oxidation sites excluding steroid dienone is 5. The summed E-state index contributed by atoms with van der Waals surface area (Å²) < 4.78 is 17.6. The molecular weight excluding hydrogens is 967 g/mol. The summed E-state index contributed by atoms with van der Waals surface area (Å²) in [5.74, 6) is -1.18. The van der Waals surface area contributed by atoms with Crippen molar-refractivity contribution in [1.82, 2.24) is 5.32 Å². The fourth-order valence-corrected chi connectivity index (χ4v) is 10.3. The number of carbonyl (C=O) groups is 2. The molecule has 452 valence electrons. The zero-order valence-electron chi connectivity index (χ0n) is 50.1. The van der Waals surface area contributed by atoms with Gasteiger partial charge in [-0.15, -0.1) is 0 Å². The first kappa shape index (κ1) is 72.9. The molecule has 11 nitrogen and oxygen atoms in total. The quantitative estimate of drug-likeness (QED) is 0.0195. The number of hydrogen-bond acceptors (Lipinski definition) is 10. The van der Waals surface area contributed by atoms with Gasteiger partial charge in [-0.1, -0.05) is 282 Å². The molecular formula is C66H123NO10. The van der Waals surface area contributed by atoms with Crippen molar-refractivity contribution in [3.8, 4) is 0 Å². The van der Waals surface area contributed by atoms with Crippen molar-refractivity contribution in [3.05, 3.63) is 36.5 Å². The van der Waals surface area contributed by atoms with E-state index in [9.17, 15) is 35.1 Å². The largest absolute Gasteiger partial charge is 0.454 e. The third-order valence-corrected chi connectivity index (χ3v) is 15.5. The SMILES string of the molecule is CCCCC/C=C\C/C=C\CCCCCCCCCCCCC(O)C(=O)NC(COC1OC(CO)C(O)C(O)C1OC(=O)CCCCCCCCCCCCCCCCCCC)C(O)/C=C/CCCCCCCCCCC. The zero-order valence-corrected chi connectivity index (χ0v) is 50.1. The van der Waals surface area contributed by atoms with Crippen LogP contribution < -0.4 is 5.32 Å². The number of aliphatic hydroxyl groups excluding tert-OH is 5. The van der Waals surface area contributed by atoms with E-state index in [0.717, 1.165) is 70.6 Å². The molecule has 1 rings (SSSR count). The Morgan fingerprint density at radius 1 is 0.506 bits per heavy atom. The summed E-state index contributed by atoms with van der Waals surface area (Å²) in [6, 6.07) is -1.02. The number of rotatable bonds is 56. The van der Waals surface area contributed by atoms with Crippen LogP contribution in [0.1, 0.15) is 310 Å². The topological polar surface area (TPSA) is 175 Å². The molecule has 8 atom stereocenters. The van der Waals surface area contributed by atoms with Crippen LogP contribution in [0.2, 0.25) is 0 Å². The lowest BCUT2D eigenvalue weighted by molar-refractivity contribution is -0.305. The van der Waals surface area contributed by atoms with E-state index in [1.807, 2.05) is 6.08 Å². The molecule has 6 N–H and O–H groups in total. The Bertz CT molecular complexity index is 1390. The molecule has 0 aromatic heterocycles. The summed E-state index contributed by atoms with van der Waals surface area (Å²) in [6.45, 7) is 5.79. The van der Waals surface area contributed by atoms with Gasteiger partial charge in [0.2, 0.25) is 5.91 Å². The molecule has 0 bridgehead atoms. The lowest BCUT2D eigenvalue weighted by Crippen LogP contribution is -2.61. The van der Waals surface area contributed by atoms with Crippen molar-refractivity contribution in [2.75, 3.05) is 13.2 Å². The van der Waals surface area contributed by atoms with Gasteiger partial charge in [-0.3, -0.25) is 9.59 Å². The molecule has 0 aliphatic carbocycles. The first-order valence-electron chi connectivity index (χ1n) is 32.8. The molecule has 1 saturated heterocycles. The number of hydrogen-bond donors (Lipinski definition) is 6. The maximum Gasteiger partial charge on any atom is 0.306 e. The average Bonchev–Trinajstić information content (AvgIpc) is 3.43. The monoisotopic (exact) mass is 1090 g/mol. The molecule has 0 spiro atoms. The Kier molecular flexibility index (Phi) is 51.6. The fraction of sp³-hybridized carbons (Fsp3) is 0.879. The number of unbranched alkanes of at least 4 members (excludes halogenated alkanes) is 38. The van der Waals surface area contributed by atoms with Crippen LogP contribution in [-0.4, -0.2) is 99.6 Å². The van der Waals surface area contributed by atoms with Gasteiger partial charge in [0.25, 0.3) is 0 Å². The Morgan fingerprint density at radius 2 is 0.896 bits per heavy atom. The highest BCUT2D eigenvalue weighted by Gasteiger charge is 2.47. The van der Waals surface area contributed by atoms with E-state index in [0.29, 0.717) is 19.3 Å². The van der Waals surface area contributed by atoms with Crippen LogP contribution in [0.15, 0.2) is 36.5 Å². The predicted molar refractivity (Wildman–Crippen MR) is 320 cm³/mol. The highest BCUT2D eigenvalue weighted by Crippen LogP contribution is 2.26. The third kappa shape index (κ3) is 42.4. The minimum Gasteiger partial charge on any atom is -0.454 e. The van der Waals surface area contributed by atoms with Crippen LogP contribution in [0.25, 0.3) is 0 Å². The van der Waals surface area contributed by atoms with Crippen LogP contribution in [0.5, 0.6) is 0 Å². The Morgan fingerprint density at radius 3 is 1.35 bits per heavy atom. The van der Waals surface area contributed by atoms with Crippen LogP contribution in [0.4, 0.5) is 0 Å². The summed E-state index contributed by atoms with van der Waals surface area (Å²) in [5.41, 5.74) is 0. The average molecular weight is 1090 g/mol. The van der Waals surface area contributed by atoms with Crippen molar-refractivity contribution in [3.63, 3.8) is 0 Å². The molecule has 0 aromatic carbocycles. The van der Waals surface area contributed by atoms with Gasteiger partial charge in [-0.05, 0) is 57.8 Å². The number of esters is 1. The zero-order chi connectivity index (χ0) is 56.1. The second-order valence-corrected chi connectivity index (χ2v) is 22.9. The first-order chi connectivity index (χ1) is 37.7. The van der Waals surface area contributed by atoms with E-state index in [1.54, 1.807) is 6.08 Å². The minimum atomic E-state index is -1.61. The molecule has 0 saturated carbocycles. The summed E-state index contributed by atoms with van der Waals surface area (Å²) in [5, 5.41) is 57.0. The predicted octanol–water partition coefficient (Wildman–Crippen LogP) is 15.8. The molecule has 1 aliphatic rings. The van der Waals surface area contributed by atoms with E-state index < -0.39 is 67.4 Å². The smallest absolute Gasteiger partial charge is 0.306 e. The maximum absolute atomic E-state index is 13.4. The molecule has 0 radical (unpaired) electrons. The minimum absolute atomic E-state index is 0.129.